The molecule has 1 fully saturated rings. The third-order valence-corrected chi connectivity index (χ3v) is 10.0. The normalized spacial score (nSPS) is 17.9. The molecular weight excluding hydrogens is 560 g/mol. The zero-order chi connectivity index (χ0) is 28.4. The van der Waals surface area contributed by atoms with Crippen LogP contribution in [-0.2, 0) is 14.8 Å². The quantitative estimate of drug-likeness (QED) is 0.278. The molecule has 3 heterocycles. The van der Waals surface area contributed by atoms with Crippen molar-refractivity contribution >= 4 is 32.2 Å². The van der Waals surface area contributed by atoms with Crippen molar-refractivity contribution in [2.24, 2.45) is 5.10 Å². The number of sulfonamides is 1. The number of methoxy groups -OCH3 is 2. The highest BCUT2D eigenvalue weighted by Crippen LogP contribution is 2.40. The molecule has 0 saturated carbocycles. The number of benzene rings is 3. The average Bonchev–Trinajstić information content (AvgIpc) is 3.70. The summed E-state index contributed by atoms with van der Waals surface area (Å²) >= 11 is 1.51. The summed E-state index contributed by atoms with van der Waals surface area (Å²) < 4.78 is 43.5. The lowest BCUT2D eigenvalue weighted by Gasteiger charge is -2.26. The minimum atomic E-state index is -3.56. The van der Waals surface area contributed by atoms with E-state index < -0.39 is 10.0 Å². The molecule has 1 aromatic heterocycles. The van der Waals surface area contributed by atoms with Gasteiger partial charge in [0.15, 0.2) is 0 Å². The van der Waals surface area contributed by atoms with Crippen molar-refractivity contribution in [3.8, 4) is 22.8 Å². The van der Waals surface area contributed by atoms with Gasteiger partial charge >= 0.3 is 0 Å². The summed E-state index contributed by atoms with van der Waals surface area (Å²) in [6.07, 6.45) is 0.710. The highest BCUT2D eigenvalue weighted by atomic mass is 32.2. The number of hydrogen-bond donors (Lipinski definition) is 0. The number of ether oxygens (including phenoxy) is 3. The number of thiazole rings is 1. The van der Waals surface area contributed by atoms with Crippen LogP contribution >= 0.6 is 11.3 Å². The number of anilines is 1. The van der Waals surface area contributed by atoms with Crippen molar-refractivity contribution < 1.29 is 22.6 Å². The van der Waals surface area contributed by atoms with Gasteiger partial charge in [-0.05, 0) is 59.7 Å². The fraction of sp³-hybridized carbons (Fsp3) is 0.267. The minimum Gasteiger partial charge on any atom is -0.497 e. The van der Waals surface area contributed by atoms with Crippen LogP contribution in [0.5, 0.6) is 11.5 Å². The standard InChI is InChI=1S/C30H30N4O5S2/c1-37-24-9-3-21(4-10-24)27-19-29(23-5-11-25(38-2)12-6-23)34(32-27)30-31-28(20-40-30)22-7-13-26(14-8-22)41(35,36)33-15-17-39-18-16-33/h3-14,20,29H,15-19H2,1-2H3/t29-/m0/s1. The molecule has 212 valence electrons. The lowest BCUT2D eigenvalue weighted by Crippen LogP contribution is -2.40. The van der Waals surface area contributed by atoms with Crippen LogP contribution in [0.15, 0.2) is 88.2 Å². The summed E-state index contributed by atoms with van der Waals surface area (Å²) in [7, 11) is -0.247. The van der Waals surface area contributed by atoms with Crippen LogP contribution in [-0.4, -0.2) is 63.9 Å². The fourth-order valence-electron chi connectivity index (χ4n) is 4.97. The average molecular weight is 591 g/mol. The second-order valence-corrected chi connectivity index (χ2v) is 12.4. The molecule has 0 amide bonds. The van der Waals surface area contributed by atoms with Gasteiger partial charge in [-0.3, -0.25) is 0 Å². The van der Waals surface area contributed by atoms with Gasteiger partial charge in [-0.25, -0.2) is 18.4 Å². The van der Waals surface area contributed by atoms with E-state index in [0.717, 1.165) is 44.7 Å². The Labute approximate surface area is 243 Å². The minimum absolute atomic E-state index is 0.0435. The van der Waals surface area contributed by atoms with Crippen molar-refractivity contribution in [1.82, 2.24) is 9.29 Å². The predicted molar refractivity (Wildman–Crippen MR) is 159 cm³/mol. The molecule has 0 N–H and O–H groups in total. The number of nitrogens with zero attached hydrogens (tertiary/aromatic N) is 4. The van der Waals surface area contributed by atoms with E-state index in [9.17, 15) is 8.42 Å². The lowest BCUT2D eigenvalue weighted by atomic mass is 9.98. The Hall–Kier alpha value is -3.77. The summed E-state index contributed by atoms with van der Waals surface area (Å²) in [5.74, 6) is 1.59. The number of hydrogen-bond acceptors (Lipinski definition) is 9. The van der Waals surface area contributed by atoms with E-state index in [4.69, 9.17) is 24.3 Å². The summed E-state index contributed by atoms with van der Waals surface area (Å²) in [5.41, 5.74) is 4.70. The highest BCUT2D eigenvalue weighted by Gasteiger charge is 2.32. The zero-order valence-electron chi connectivity index (χ0n) is 22.8. The van der Waals surface area contributed by atoms with E-state index in [1.165, 1.54) is 15.6 Å². The van der Waals surface area contributed by atoms with Crippen LogP contribution in [0.1, 0.15) is 23.6 Å². The van der Waals surface area contributed by atoms with E-state index in [-0.39, 0.29) is 10.9 Å². The molecular formula is C30H30N4O5S2. The first-order chi connectivity index (χ1) is 20.0. The Kier molecular flexibility index (Phi) is 7.76. The number of aromatic nitrogens is 1. The van der Waals surface area contributed by atoms with Crippen molar-refractivity contribution in [3.05, 3.63) is 89.3 Å². The van der Waals surface area contributed by atoms with E-state index in [1.807, 2.05) is 58.9 Å². The zero-order valence-corrected chi connectivity index (χ0v) is 24.4. The Morgan fingerprint density at radius 2 is 1.46 bits per heavy atom. The molecule has 0 aliphatic carbocycles. The third-order valence-electron chi connectivity index (χ3n) is 7.28. The predicted octanol–water partition coefficient (Wildman–Crippen LogP) is 5.20. The van der Waals surface area contributed by atoms with Crippen LogP contribution in [0.2, 0.25) is 0 Å². The van der Waals surface area contributed by atoms with Crippen LogP contribution in [0.25, 0.3) is 11.3 Å². The Bertz CT molecular complexity index is 1630. The van der Waals surface area contributed by atoms with Crippen LogP contribution in [0, 0.1) is 0 Å². The van der Waals surface area contributed by atoms with Crippen LogP contribution in [0.4, 0.5) is 5.13 Å². The molecule has 2 aliphatic rings. The molecule has 0 bridgehead atoms. The highest BCUT2D eigenvalue weighted by molar-refractivity contribution is 7.89. The van der Waals surface area contributed by atoms with Crippen molar-refractivity contribution in [3.63, 3.8) is 0 Å². The first-order valence-electron chi connectivity index (χ1n) is 13.3. The summed E-state index contributed by atoms with van der Waals surface area (Å²) in [4.78, 5) is 5.20. The van der Waals surface area contributed by atoms with Gasteiger partial charge in [0.2, 0.25) is 15.2 Å². The number of hydrazone groups is 1. The Morgan fingerprint density at radius 3 is 2.10 bits per heavy atom. The second kappa shape index (κ2) is 11.6. The number of morpholine rings is 1. The molecule has 0 unspecified atom stereocenters. The molecule has 3 aromatic carbocycles. The largest absolute Gasteiger partial charge is 0.497 e. The summed E-state index contributed by atoms with van der Waals surface area (Å²) in [6, 6.07) is 22.8. The summed E-state index contributed by atoms with van der Waals surface area (Å²) in [6.45, 7) is 1.55. The van der Waals surface area contributed by atoms with Gasteiger partial charge in [0.1, 0.15) is 11.5 Å². The maximum atomic E-state index is 13.0. The molecule has 11 heteroatoms. The first kappa shape index (κ1) is 27.4. The summed E-state index contributed by atoms with van der Waals surface area (Å²) in [5, 5.41) is 9.74. The lowest BCUT2D eigenvalue weighted by molar-refractivity contribution is 0.0730. The first-order valence-corrected chi connectivity index (χ1v) is 15.6. The fourth-order valence-corrected chi connectivity index (χ4v) is 7.21. The topological polar surface area (TPSA) is 93.6 Å². The van der Waals surface area contributed by atoms with Gasteiger partial charge in [0, 0.05) is 30.5 Å². The van der Waals surface area contributed by atoms with Gasteiger partial charge in [0.05, 0.1) is 49.8 Å². The van der Waals surface area contributed by atoms with Gasteiger partial charge in [-0.15, -0.1) is 11.3 Å². The SMILES string of the molecule is COc1ccc(C2=NN(c3nc(-c4ccc(S(=O)(=O)N5CCOCC5)cc4)cs3)[C@H](c3ccc(OC)cc3)C2)cc1. The molecule has 1 saturated heterocycles. The third kappa shape index (κ3) is 5.58. The molecule has 9 nitrogen and oxygen atoms in total. The van der Waals surface area contributed by atoms with Gasteiger partial charge < -0.3 is 14.2 Å². The van der Waals surface area contributed by atoms with Gasteiger partial charge in [-0.1, -0.05) is 24.3 Å². The molecule has 4 aromatic rings. The number of rotatable bonds is 8. The van der Waals surface area contributed by atoms with Crippen molar-refractivity contribution in [2.45, 2.75) is 17.4 Å². The van der Waals surface area contributed by atoms with Crippen LogP contribution in [0.3, 0.4) is 0 Å². The van der Waals surface area contributed by atoms with Crippen molar-refractivity contribution in [2.75, 3.05) is 45.5 Å². The Balaban J connectivity index is 1.29. The molecule has 0 spiro atoms. The maximum absolute atomic E-state index is 13.0. The Morgan fingerprint density at radius 1 is 0.854 bits per heavy atom. The second-order valence-electron chi connectivity index (χ2n) is 9.67. The molecule has 41 heavy (non-hydrogen) atoms. The molecule has 2 aliphatic heterocycles. The van der Waals surface area contributed by atoms with E-state index in [0.29, 0.717) is 32.7 Å². The van der Waals surface area contributed by atoms with Gasteiger partial charge in [-0.2, -0.15) is 9.41 Å². The van der Waals surface area contributed by atoms with E-state index in [2.05, 4.69) is 12.1 Å². The smallest absolute Gasteiger partial charge is 0.243 e. The van der Waals surface area contributed by atoms with E-state index >= 15 is 0 Å². The maximum Gasteiger partial charge on any atom is 0.243 e. The van der Waals surface area contributed by atoms with Crippen molar-refractivity contribution in [1.29, 1.82) is 0 Å². The monoisotopic (exact) mass is 590 g/mol. The van der Waals surface area contributed by atoms with Gasteiger partial charge in [0.25, 0.3) is 0 Å². The molecule has 6 rings (SSSR count). The van der Waals surface area contributed by atoms with E-state index in [1.54, 1.807) is 26.4 Å². The molecule has 1 atom stereocenters. The van der Waals surface area contributed by atoms with Crippen LogP contribution < -0.4 is 14.5 Å². The molecule has 0 radical (unpaired) electrons.